The van der Waals surface area contributed by atoms with Crippen LogP contribution in [0.1, 0.15) is 22.1 Å². The van der Waals surface area contributed by atoms with E-state index in [-0.39, 0.29) is 0 Å². The van der Waals surface area contributed by atoms with Gasteiger partial charge in [-0.05, 0) is 24.3 Å². The molecule has 2 aromatic carbocycles. The fourth-order valence-electron chi connectivity index (χ4n) is 2.72. The molecule has 0 spiro atoms. The summed E-state index contributed by atoms with van der Waals surface area (Å²) in [5.41, 5.74) is -0.420. The zero-order chi connectivity index (χ0) is 18.1. The Bertz CT molecular complexity index is 823. The number of hydroxylamine groups is 2. The van der Waals surface area contributed by atoms with Crippen molar-refractivity contribution in [2.24, 2.45) is 0 Å². The van der Waals surface area contributed by atoms with Crippen LogP contribution in [0, 0.1) is 11.6 Å². The third-order valence-electron chi connectivity index (χ3n) is 3.92. The number of hydrogen-bond acceptors (Lipinski definition) is 4. The van der Waals surface area contributed by atoms with Gasteiger partial charge in [0.15, 0.2) is 6.17 Å². The number of hydrogen-bond donors (Lipinski definition) is 1. The molecular weight excluding hydrogens is 334 g/mol. The van der Waals surface area contributed by atoms with Gasteiger partial charge in [-0.25, -0.2) is 8.78 Å². The molecule has 1 aliphatic heterocycles. The Kier molecular flexibility index (Phi) is 4.37. The lowest BCUT2D eigenvalue weighted by Crippen LogP contribution is -2.35. The standard InChI is InChI=1S/C17H14F2N2O4/c1-25-11-5-2-4-10(8-11)16-20(9-14(22)21(16)24)17(23)15-12(18)6-3-7-13(15)19/h2-8,16,24H,9H2,1H3. The molecule has 1 fully saturated rings. The first-order chi connectivity index (χ1) is 11.9. The van der Waals surface area contributed by atoms with Crippen LogP contribution in [-0.4, -0.2) is 40.6 Å². The third kappa shape index (κ3) is 2.91. The van der Waals surface area contributed by atoms with Gasteiger partial charge in [-0.3, -0.25) is 14.8 Å². The van der Waals surface area contributed by atoms with Gasteiger partial charge >= 0.3 is 0 Å². The number of carbonyl (C=O) groups excluding carboxylic acids is 2. The molecule has 0 radical (unpaired) electrons. The highest BCUT2D eigenvalue weighted by Gasteiger charge is 2.42. The van der Waals surface area contributed by atoms with Crippen molar-refractivity contribution in [1.82, 2.24) is 9.96 Å². The van der Waals surface area contributed by atoms with Crippen LogP contribution < -0.4 is 4.74 Å². The average Bonchev–Trinajstić information content (AvgIpc) is 2.90. The molecule has 0 bridgehead atoms. The minimum Gasteiger partial charge on any atom is -0.497 e. The quantitative estimate of drug-likeness (QED) is 0.865. The second kappa shape index (κ2) is 6.48. The molecule has 1 heterocycles. The van der Waals surface area contributed by atoms with Gasteiger partial charge in [-0.2, -0.15) is 5.06 Å². The largest absolute Gasteiger partial charge is 0.497 e. The lowest BCUT2D eigenvalue weighted by atomic mass is 10.1. The molecule has 0 saturated carbocycles. The molecule has 2 aromatic rings. The predicted molar refractivity (Wildman–Crippen MR) is 81.8 cm³/mol. The number of carbonyl (C=O) groups is 2. The first-order valence-corrected chi connectivity index (χ1v) is 7.34. The summed E-state index contributed by atoms with van der Waals surface area (Å²) in [6.07, 6.45) is -1.21. The molecule has 0 aliphatic carbocycles. The smallest absolute Gasteiger partial charge is 0.267 e. The van der Waals surface area contributed by atoms with E-state index < -0.39 is 41.7 Å². The van der Waals surface area contributed by atoms with Gasteiger partial charge < -0.3 is 9.64 Å². The molecule has 1 atom stereocenters. The predicted octanol–water partition coefficient (Wildman–Crippen LogP) is 2.35. The van der Waals surface area contributed by atoms with Crippen LogP contribution in [-0.2, 0) is 4.79 Å². The number of rotatable bonds is 3. The first-order valence-electron chi connectivity index (χ1n) is 7.34. The number of methoxy groups -OCH3 is 1. The van der Waals surface area contributed by atoms with Crippen molar-refractivity contribution in [3.8, 4) is 5.75 Å². The fraction of sp³-hybridized carbons (Fsp3) is 0.176. The van der Waals surface area contributed by atoms with Gasteiger partial charge in [0.2, 0.25) is 0 Å². The summed E-state index contributed by atoms with van der Waals surface area (Å²) < 4.78 is 32.9. The summed E-state index contributed by atoms with van der Waals surface area (Å²) in [5.74, 6) is -3.45. The number of ether oxygens (including phenoxy) is 1. The van der Waals surface area contributed by atoms with Crippen molar-refractivity contribution in [3.05, 3.63) is 65.2 Å². The molecule has 2 amide bonds. The van der Waals surface area contributed by atoms with E-state index in [0.717, 1.165) is 23.1 Å². The van der Waals surface area contributed by atoms with Gasteiger partial charge in [0.05, 0.1) is 7.11 Å². The average molecular weight is 348 g/mol. The SMILES string of the molecule is COc1cccc(C2N(O)C(=O)CN2C(=O)c2c(F)cccc2F)c1. The molecule has 3 rings (SSSR count). The maximum Gasteiger partial charge on any atom is 0.267 e. The lowest BCUT2D eigenvalue weighted by Gasteiger charge is -2.27. The summed E-state index contributed by atoms with van der Waals surface area (Å²) >= 11 is 0. The summed E-state index contributed by atoms with van der Waals surface area (Å²) in [4.78, 5) is 25.4. The Morgan fingerprint density at radius 1 is 1.20 bits per heavy atom. The topological polar surface area (TPSA) is 70.1 Å². The maximum absolute atomic E-state index is 13.9. The van der Waals surface area contributed by atoms with E-state index in [0.29, 0.717) is 16.4 Å². The number of benzene rings is 2. The van der Waals surface area contributed by atoms with Crippen molar-refractivity contribution < 1.29 is 28.3 Å². The van der Waals surface area contributed by atoms with E-state index in [1.165, 1.54) is 13.2 Å². The second-order valence-corrected chi connectivity index (χ2v) is 5.42. The van der Waals surface area contributed by atoms with Gasteiger partial charge in [0, 0.05) is 5.56 Å². The minimum absolute atomic E-state index is 0.359. The van der Waals surface area contributed by atoms with Crippen LogP contribution >= 0.6 is 0 Å². The van der Waals surface area contributed by atoms with Gasteiger partial charge in [-0.15, -0.1) is 0 Å². The van der Waals surface area contributed by atoms with Crippen LogP contribution in [0.25, 0.3) is 0 Å². The van der Waals surface area contributed by atoms with Gasteiger partial charge in [0.25, 0.3) is 11.8 Å². The van der Waals surface area contributed by atoms with Crippen molar-refractivity contribution >= 4 is 11.8 Å². The van der Waals surface area contributed by atoms with Crippen molar-refractivity contribution in [2.45, 2.75) is 6.17 Å². The Labute approximate surface area is 141 Å². The highest BCUT2D eigenvalue weighted by atomic mass is 19.1. The molecule has 1 N–H and O–H groups in total. The minimum atomic E-state index is -1.21. The molecular formula is C17H14F2N2O4. The van der Waals surface area contributed by atoms with E-state index in [4.69, 9.17) is 4.74 Å². The lowest BCUT2D eigenvalue weighted by molar-refractivity contribution is -0.168. The number of halogens is 2. The zero-order valence-electron chi connectivity index (χ0n) is 13.1. The Morgan fingerprint density at radius 2 is 1.84 bits per heavy atom. The van der Waals surface area contributed by atoms with Crippen LogP contribution in [0.2, 0.25) is 0 Å². The van der Waals surface area contributed by atoms with E-state index in [9.17, 15) is 23.6 Å². The van der Waals surface area contributed by atoms with Gasteiger partial charge in [0.1, 0.15) is 29.5 Å². The zero-order valence-corrected chi connectivity index (χ0v) is 13.1. The third-order valence-corrected chi connectivity index (χ3v) is 3.92. The van der Waals surface area contributed by atoms with Crippen LogP contribution in [0.5, 0.6) is 5.75 Å². The van der Waals surface area contributed by atoms with Crippen molar-refractivity contribution in [1.29, 1.82) is 0 Å². The second-order valence-electron chi connectivity index (χ2n) is 5.42. The highest BCUT2D eigenvalue weighted by Crippen LogP contribution is 2.33. The monoisotopic (exact) mass is 348 g/mol. The fourth-order valence-corrected chi connectivity index (χ4v) is 2.72. The molecule has 1 saturated heterocycles. The summed E-state index contributed by atoms with van der Waals surface area (Å²) in [6, 6.07) is 9.37. The van der Waals surface area contributed by atoms with E-state index in [2.05, 4.69) is 0 Å². The van der Waals surface area contributed by atoms with Crippen molar-refractivity contribution in [3.63, 3.8) is 0 Å². The molecule has 1 unspecified atom stereocenters. The molecule has 1 aliphatic rings. The number of amides is 2. The van der Waals surface area contributed by atoms with E-state index in [1.54, 1.807) is 18.2 Å². The normalized spacial score (nSPS) is 17.1. The number of nitrogens with zero attached hydrogens (tertiary/aromatic N) is 2. The Hall–Kier alpha value is -3.00. The summed E-state index contributed by atoms with van der Waals surface area (Å²) in [5, 5.41) is 10.4. The molecule has 0 aromatic heterocycles. The maximum atomic E-state index is 13.9. The Balaban J connectivity index is 2.04. The Morgan fingerprint density at radius 3 is 2.48 bits per heavy atom. The summed E-state index contributed by atoms with van der Waals surface area (Å²) in [6.45, 7) is -0.509. The molecule has 130 valence electrons. The van der Waals surface area contributed by atoms with Crippen LogP contribution in [0.4, 0.5) is 8.78 Å². The van der Waals surface area contributed by atoms with Crippen LogP contribution in [0.3, 0.4) is 0 Å². The van der Waals surface area contributed by atoms with Crippen molar-refractivity contribution in [2.75, 3.05) is 13.7 Å². The first kappa shape index (κ1) is 16.8. The summed E-state index contributed by atoms with van der Waals surface area (Å²) in [7, 11) is 1.44. The molecule has 6 nitrogen and oxygen atoms in total. The van der Waals surface area contributed by atoms with Gasteiger partial charge in [-0.1, -0.05) is 18.2 Å². The van der Waals surface area contributed by atoms with E-state index in [1.807, 2.05) is 0 Å². The molecule has 8 heteroatoms. The molecule has 25 heavy (non-hydrogen) atoms. The highest BCUT2D eigenvalue weighted by molar-refractivity contribution is 5.98. The van der Waals surface area contributed by atoms with E-state index >= 15 is 0 Å². The van der Waals surface area contributed by atoms with Crippen LogP contribution in [0.15, 0.2) is 42.5 Å².